The van der Waals surface area contributed by atoms with E-state index in [-0.39, 0.29) is 0 Å². The third kappa shape index (κ3) is 6.15. The van der Waals surface area contributed by atoms with Crippen LogP contribution in [0.4, 0.5) is 17.6 Å². The molecule has 0 unspecified atom stereocenters. The van der Waals surface area contributed by atoms with Crippen LogP contribution in [0.2, 0.25) is 0 Å². The Morgan fingerprint density at radius 1 is 1.38 bits per heavy atom. The van der Waals surface area contributed by atoms with Gasteiger partial charge < -0.3 is 5.32 Å². The number of rotatable bonds is 7. The predicted octanol–water partition coefficient (Wildman–Crippen LogP) is 2.23. The van der Waals surface area contributed by atoms with Crippen LogP contribution in [0, 0.1) is 0 Å². The normalized spacial score (nSPS) is 12.5. The summed E-state index contributed by atoms with van der Waals surface area (Å²) in [5, 5.41) is 2.29. The molecule has 1 nitrogen and oxygen atoms in total. The average Bonchev–Trinajstić information content (AvgIpc) is 2.03. The molecule has 0 heterocycles. The minimum absolute atomic E-state index is 0.334. The van der Waals surface area contributed by atoms with Crippen LogP contribution in [0.3, 0.4) is 0 Å². The first kappa shape index (κ1) is 13.0. The number of hydrogen-bond donors (Lipinski definition) is 1. The minimum Gasteiger partial charge on any atom is -0.310 e. The SMILES string of the molecule is CCSCCNCC(F)(F)C(F)F. The molecule has 0 bridgehead atoms. The second-order valence-electron chi connectivity index (χ2n) is 2.44. The van der Waals surface area contributed by atoms with Crippen molar-refractivity contribution in [2.45, 2.75) is 19.3 Å². The van der Waals surface area contributed by atoms with Gasteiger partial charge in [-0.3, -0.25) is 0 Å². The van der Waals surface area contributed by atoms with Gasteiger partial charge in [0, 0.05) is 12.3 Å². The van der Waals surface area contributed by atoms with Gasteiger partial charge in [0.15, 0.2) is 0 Å². The van der Waals surface area contributed by atoms with E-state index in [0.717, 1.165) is 5.75 Å². The lowest BCUT2D eigenvalue weighted by Crippen LogP contribution is -2.39. The van der Waals surface area contributed by atoms with Crippen LogP contribution < -0.4 is 5.32 Å². The highest BCUT2D eigenvalue weighted by Gasteiger charge is 2.39. The van der Waals surface area contributed by atoms with E-state index in [9.17, 15) is 17.6 Å². The second-order valence-corrected chi connectivity index (χ2v) is 3.83. The summed E-state index contributed by atoms with van der Waals surface area (Å²) in [7, 11) is 0. The molecule has 0 rings (SSSR count). The van der Waals surface area contributed by atoms with Gasteiger partial charge in [0.25, 0.3) is 0 Å². The fourth-order valence-corrected chi connectivity index (χ4v) is 1.20. The number of halogens is 4. The zero-order valence-corrected chi connectivity index (χ0v) is 8.14. The number of thioether (sulfide) groups is 1. The second kappa shape index (κ2) is 6.48. The van der Waals surface area contributed by atoms with Crippen molar-refractivity contribution in [3.05, 3.63) is 0 Å². The molecule has 0 spiro atoms. The molecule has 1 N–H and O–H groups in total. The summed E-state index contributed by atoms with van der Waals surface area (Å²) < 4.78 is 47.7. The van der Waals surface area contributed by atoms with Gasteiger partial charge in [-0.1, -0.05) is 6.92 Å². The average molecular weight is 219 g/mol. The molecule has 0 aliphatic rings. The van der Waals surface area contributed by atoms with Crippen LogP contribution in [-0.2, 0) is 0 Å². The smallest absolute Gasteiger partial charge is 0.310 e. The lowest BCUT2D eigenvalue weighted by atomic mass is 10.3. The molecule has 0 fully saturated rings. The van der Waals surface area contributed by atoms with Crippen LogP contribution >= 0.6 is 11.8 Å². The monoisotopic (exact) mass is 219 g/mol. The first-order chi connectivity index (χ1) is 6.00. The highest BCUT2D eigenvalue weighted by molar-refractivity contribution is 7.99. The van der Waals surface area contributed by atoms with Gasteiger partial charge in [0.2, 0.25) is 0 Å². The van der Waals surface area contributed by atoms with Gasteiger partial charge in [-0.25, -0.2) is 8.78 Å². The molecule has 6 heteroatoms. The molecule has 0 radical (unpaired) electrons. The molecule has 13 heavy (non-hydrogen) atoms. The summed E-state index contributed by atoms with van der Waals surface area (Å²) in [6, 6.07) is 0. The van der Waals surface area contributed by atoms with Gasteiger partial charge in [0.1, 0.15) is 0 Å². The maximum atomic E-state index is 12.2. The third-order valence-corrected chi connectivity index (χ3v) is 2.21. The lowest BCUT2D eigenvalue weighted by Gasteiger charge is -2.15. The van der Waals surface area contributed by atoms with Crippen molar-refractivity contribution in [3.63, 3.8) is 0 Å². The van der Waals surface area contributed by atoms with Crippen molar-refractivity contribution in [2.24, 2.45) is 0 Å². The number of alkyl halides is 4. The quantitative estimate of drug-likeness (QED) is 0.520. The van der Waals surface area contributed by atoms with Crippen molar-refractivity contribution in [3.8, 4) is 0 Å². The molecule has 0 aliphatic carbocycles. The Morgan fingerprint density at radius 2 is 2.00 bits per heavy atom. The van der Waals surface area contributed by atoms with Crippen molar-refractivity contribution < 1.29 is 17.6 Å². The summed E-state index contributed by atoms with van der Waals surface area (Å²) in [5.41, 5.74) is 0. The largest absolute Gasteiger partial charge is 0.319 e. The van der Waals surface area contributed by atoms with Crippen molar-refractivity contribution in [1.29, 1.82) is 0 Å². The molecule has 0 amide bonds. The summed E-state index contributed by atoms with van der Waals surface area (Å²) in [6.07, 6.45) is -3.58. The van der Waals surface area contributed by atoms with E-state index >= 15 is 0 Å². The standard InChI is InChI=1S/C7H13F4NS/c1-2-13-4-3-12-5-7(10,11)6(8)9/h6,12H,2-5H2,1H3. The summed E-state index contributed by atoms with van der Waals surface area (Å²) >= 11 is 1.57. The molecular weight excluding hydrogens is 206 g/mol. The summed E-state index contributed by atoms with van der Waals surface area (Å²) in [6.45, 7) is 1.33. The van der Waals surface area contributed by atoms with Gasteiger partial charge in [-0.05, 0) is 5.75 Å². The van der Waals surface area contributed by atoms with Crippen LogP contribution in [-0.4, -0.2) is 36.9 Å². The van der Waals surface area contributed by atoms with Gasteiger partial charge >= 0.3 is 12.3 Å². The molecule has 0 aromatic heterocycles. The zero-order chi connectivity index (χ0) is 10.3. The van der Waals surface area contributed by atoms with E-state index in [4.69, 9.17) is 0 Å². The Bertz CT molecular complexity index is 132. The van der Waals surface area contributed by atoms with E-state index in [1.165, 1.54) is 0 Å². The molecule has 0 aliphatic heterocycles. The molecule has 0 saturated carbocycles. The van der Waals surface area contributed by atoms with Gasteiger partial charge in [0.05, 0.1) is 6.54 Å². The maximum absolute atomic E-state index is 12.2. The first-order valence-corrected chi connectivity index (χ1v) is 5.10. The molecule has 0 aromatic rings. The van der Waals surface area contributed by atoms with E-state index in [1.807, 2.05) is 6.92 Å². The third-order valence-electron chi connectivity index (χ3n) is 1.31. The molecule has 0 aromatic carbocycles. The predicted molar refractivity (Wildman–Crippen MR) is 46.8 cm³/mol. The molecule has 80 valence electrons. The van der Waals surface area contributed by atoms with E-state index in [2.05, 4.69) is 5.32 Å². The minimum atomic E-state index is -3.91. The maximum Gasteiger partial charge on any atom is 0.319 e. The van der Waals surface area contributed by atoms with E-state index in [1.54, 1.807) is 11.8 Å². The molecule has 0 saturated heterocycles. The summed E-state index contributed by atoms with van der Waals surface area (Å²) in [5.74, 6) is -2.35. The topological polar surface area (TPSA) is 12.0 Å². The molecular formula is C7H13F4NS. The van der Waals surface area contributed by atoms with Crippen molar-refractivity contribution in [2.75, 3.05) is 24.6 Å². The van der Waals surface area contributed by atoms with E-state index in [0.29, 0.717) is 12.3 Å². The van der Waals surface area contributed by atoms with Crippen LogP contribution in [0.25, 0.3) is 0 Å². The summed E-state index contributed by atoms with van der Waals surface area (Å²) in [4.78, 5) is 0. The zero-order valence-electron chi connectivity index (χ0n) is 7.33. The Balaban J connectivity index is 3.41. The number of nitrogens with one attached hydrogen (secondary N) is 1. The first-order valence-electron chi connectivity index (χ1n) is 3.95. The Hall–Kier alpha value is 0.0300. The van der Waals surface area contributed by atoms with Crippen molar-refractivity contribution >= 4 is 11.8 Å². The number of hydrogen-bond acceptors (Lipinski definition) is 2. The fourth-order valence-electron chi connectivity index (χ4n) is 0.621. The van der Waals surface area contributed by atoms with Crippen LogP contribution in [0.1, 0.15) is 6.92 Å². The Labute approximate surface area is 79.3 Å². The Kier molecular flexibility index (Phi) is 6.49. The lowest BCUT2D eigenvalue weighted by molar-refractivity contribution is -0.124. The molecule has 0 atom stereocenters. The van der Waals surface area contributed by atoms with Crippen LogP contribution in [0.5, 0.6) is 0 Å². The van der Waals surface area contributed by atoms with E-state index < -0.39 is 18.9 Å². The van der Waals surface area contributed by atoms with Gasteiger partial charge in [-0.2, -0.15) is 20.5 Å². The van der Waals surface area contributed by atoms with Gasteiger partial charge in [-0.15, -0.1) is 0 Å². The fraction of sp³-hybridized carbons (Fsp3) is 1.00. The van der Waals surface area contributed by atoms with Crippen molar-refractivity contribution in [1.82, 2.24) is 5.32 Å². The Morgan fingerprint density at radius 3 is 2.46 bits per heavy atom. The highest BCUT2D eigenvalue weighted by Crippen LogP contribution is 2.21. The highest BCUT2D eigenvalue weighted by atomic mass is 32.2. The van der Waals surface area contributed by atoms with Crippen LogP contribution in [0.15, 0.2) is 0 Å².